The van der Waals surface area contributed by atoms with Gasteiger partial charge in [-0.1, -0.05) is 32.0 Å². The molecule has 1 aliphatic heterocycles. The van der Waals surface area contributed by atoms with Crippen LogP contribution in [0.15, 0.2) is 24.3 Å². The predicted octanol–water partition coefficient (Wildman–Crippen LogP) is 2.99. The van der Waals surface area contributed by atoms with Crippen molar-refractivity contribution in [3.63, 3.8) is 0 Å². The van der Waals surface area contributed by atoms with E-state index in [1.165, 1.54) is 43.6 Å². The van der Waals surface area contributed by atoms with Gasteiger partial charge in [0, 0.05) is 31.2 Å². The standard InChI is InChI=1S/C16H26N2.C5H9NO4/c1-13(2)12-15(17)14-8-4-5-9-16(14)18-10-6-3-7-11-18;6-3(5(9)10)1-2-4(7)8/h4-5,8-9,13,15H,3,6-7,10-12,17H2,1-2H3;3H,1-2,6H2,(H,7,8)(H,9,10)/t15-;3-/m00/s1. The van der Waals surface area contributed by atoms with Gasteiger partial charge < -0.3 is 26.6 Å². The van der Waals surface area contributed by atoms with Crippen molar-refractivity contribution in [2.24, 2.45) is 17.4 Å². The first-order chi connectivity index (χ1) is 13.2. The van der Waals surface area contributed by atoms with Crippen molar-refractivity contribution in [2.75, 3.05) is 18.0 Å². The molecule has 0 radical (unpaired) electrons. The lowest BCUT2D eigenvalue weighted by Gasteiger charge is -2.32. The maximum absolute atomic E-state index is 9.99. The fourth-order valence-electron chi connectivity index (χ4n) is 3.26. The van der Waals surface area contributed by atoms with Gasteiger partial charge in [-0.2, -0.15) is 0 Å². The van der Waals surface area contributed by atoms with E-state index in [9.17, 15) is 9.59 Å². The minimum atomic E-state index is -1.17. The van der Waals surface area contributed by atoms with E-state index >= 15 is 0 Å². The number of carboxylic acid groups (broad SMARTS) is 2. The van der Waals surface area contributed by atoms with Crippen LogP contribution in [0.3, 0.4) is 0 Å². The number of hydrogen-bond donors (Lipinski definition) is 4. The van der Waals surface area contributed by atoms with Gasteiger partial charge in [0.25, 0.3) is 0 Å². The number of carboxylic acids is 2. The number of piperidine rings is 1. The fraction of sp³-hybridized carbons (Fsp3) is 0.619. The number of nitrogens with zero attached hydrogens (tertiary/aromatic N) is 1. The van der Waals surface area contributed by atoms with Crippen LogP contribution in [0.4, 0.5) is 5.69 Å². The van der Waals surface area contributed by atoms with Crippen molar-refractivity contribution in [1.29, 1.82) is 0 Å². The molecule has 2 rings (SSSR count). The summed E-state index contributed by atoms with van der Waals surface area (Å²) in [5.41, 5.74) is 14.1. The molecule has 1 aliphatic rings. The number of nitrogens with two attached hydrogens (primary N) is 2. The van der Waals surface area contributed by atoms with Gasteiger partial charge in [0.05, 0.1) is 0 Å². The smallest absolute Gasteiger partial charge is 0.320 e. The zero-order valence-corrected chi connectivity index (χ0v) is 17.0. The lowest BCUT2D eigenvalue weighted by molar-refractivity contribution is -0.139. The van der Waals surface area contributed by atoms with E-state index in [1.807, 2.05) is 0 Å². The van der Waals surface area contributed by atoms with Crippen LogP contribution in [0.1, 0.15) is 64.0 Å². The van der Waals surface area contributed by atoms with Crippen molar-refractivity contribution in [3.05, 3.63) is 29.8 Å². The van der Waals surface area contributed by atoms with Gasteiger partial charge in [-0.05, 0) is 49.7 Å². The summed E-state index contributed by atoms with van der Waals surface area (Å²) in [5, 5.41) is 16.3. The van der Waals surface area contributed by atoms with Gasteiger partial charge in [-0.25, -0.2) is 0 Å². The first-order valence-electron chi connectivity index (χ1n) is 10.0. The molecule has 0 saturated carbocycles. The molecule has 7 nitrogen and oxygen atoms in total. The van der Waals surface area contributed by atoms with Gasteiger partial charge in [-0.3, -0.25) is 9.59 Å². The van der Waals surface area contributed by atoms with E-state index in [0.717, 1.165) is 6.42 Å². The third kappa shape index (κ3) is 8.71. The van der Waals surface area contributed by atoms with E-state index in [0.29, 0.717) is 5.92 Å². The van der Waals surface area contributed by atoms with Gasteiger partial charge >= 0.3 is 11.9 Å². The Bertz CT molecular complexity index is 615. The molecule has 28 heavy (non-hydrogen) atoms. The van der Waals surface area contributed by atoms with Crippen LogP contribution in [-0.2, 0) is 9.59 Å². The quantitative estimate of drug-likeness (QED) is 0.534. The Morgan fingerprint density at radius 2 is 1.68 bits per heavy atom. The average molecular weight is 394 g/mol. The number of aliphatic carboxylic acids is 2. The fourth-order valence-corrected chi connectivity index (χ4v) is 3.26. The first-order valence-corrected chi connectivity index (χ1v) is 10.0. The third-order valence-corrected chi connectivity index (χ3v) is 4.74. The lowest BCUT2D eigenvalue weighted by Crippen LogP contribution is -2.31. The summed E-state index contributed by atoms with van der Waals surface area (Å²) in [6.07, 6.45) is 4.83. The van der Waals surface area contributed by atoms with E-state index in [4.69, 9.17) is 21.7 Å². The highest BCUT2D eigenvalue weighted by Crippen LogP contribution is 2.30. The minimum absolute atomic E-state index is 0.0231. The topological polar surface area (TPSA) is 130 Å². The molecular formula is C21H35N3O4. The molecule has 7 heteroatoms. The first kappa shape index (κ1) is 23.9. The second kappa shape index (κ2) is 12.4. The zero-order chi connectivity index (χ0) is 21.1. The maximum Gasteiger partial charge on any atom is 0.320 e. The zero-order valence-electron chi connectivity index (χ0n) is 17.0. The van der Waals surface area contributed by atoms with E-state index in [2.05, 4.69) is 43.0 Å². The number of anilines is 1. The van der Waals surface area contributed by atoms with Crippen LogP contribution in [0, 0.1) is 5.92 Å². The molecule has 0 aliphatic carbocycles. The van der Waals surface area contributed by atoms with Crippen molar-refractivity contribution in [2.45, 2.75) is 64.5 Å². The largest absolute Gasteiger partial charge is 0.481 e. The molecule has 0 aromatic heterocycles. The molecule has 1 saturated heterocycles. The Morgan fingerprint density at radius 3 is 2.21 bits per heavy atom. The van der Waals surface area contributed by atoms with Crippen LogP contribution in [0.2, 0.25) is 0 Å². The van der Waals surface area contributed by atoms with Crippen molar-refractivity contribution in [3.8, 4) is 0 Å². The van der Waals surface area contributed by atoms with E-state index in [1.54, 1.807) is 0 Å². The van der Waals surface area contributed by atoms with Gasteiger partial charge in [0.1, 0.15) is 6.04 Å². The molecule has 2 atom stereocenters. The molecule has 0 amide bonds. The number of para-hydroxylation sites is 1. The van der Waals surface area contributed by atoms with E-state index in [-0.39, 0.29) is 18.9 Å². The Labute approximate surface area is 167 Å². The van der Waals surface area contributed by atoms with Gasteiger partial charge in [0.2, 0.25) is 0 Å². The molecule has 0 spiro atoms. The maximum atomic E-state index is 9.99. The number of benzene rings is 1. The normalized spacial score (nSPS) is 16.1. The van der Waals surface area contributed by atoms with Crippen LogP contribution in [0.5, 0.6) is 0 Å². The van der Waals surface area contributed by atoms with Crippen LogP contribution >= 0.6 is 0 Å². The predicted molar refractivity (Wildman–Crippen MR) is 111 cm³/mol. The Hall–Kier alpha value is -2.12. The summed E-state index contributed by atoms with van der Waals surface area (Å²) < 4.78 is 0. The highest BCUT2D eigenvalue weighted by Gasteiger charge is 2.18. The summed E-state index contributed by atoms with van der Waals surface area (Å²) in [5.74, 6) is -1.55. The number of hydrogen-bond acceptors (Lipinski definition) is 5. The number of rotatable bonds is 8. The summed E-state index contributed by atoms with van der Waals surface area (Å²) in [7, 11) is 0. The van der Waals surface area contributed by atoms with Gasteiger partial charge in [0.15, 0.2) is 0 Å². The highest BCUT2D eigenvalue weighted by molar-refractivity contribution is 5.74. The SMILES string of the molecule is CC(C)C[C@H](N)c1ccccc1N1CCCCC1.N[C@@H](CCC(=O)O)C(=O)O. The Balaban J connectivity index is 0.000000336. The molecule has 0 unspecified atom stereocenters. The monoisotopic (exact) mass is 393 g/mol. The molecule has 6 N–H and O–H groups in total. The van der Waals surface area contributed by atoms with Crippen LogP contribution in [-0.4, -0.2) is 41.3 Å². The highest BCUT2D eigenvalue weighted by atomic mass is 16.4. The lowest BCUT2D eigenvalue weighted by atomic mass is 9.95. The van der Waals surface area contributed by atoms with Crippen molar-refractivity contribution >= 4 is 17.6 Å². The van der Waals surface area contributed by atoms with Crippen LogP contribution < -0.4 is 16.4 Å². The summed E-state index contributed by atoms with van der Waals surface area (Å²) >= 11 is 0. The summed E-state index contributed by atoms with van der Waals surface area (Å²) in [4.78, 5) is 22.4. The van der Waals surface area contributed by atoms with Gasteiger partial charge in [-0.15, -0.1) is 0 Å². The minimum Gasteiger partial charge on any atom is -0.481 e. The third-order valence-electron chi connectivity index (χ3n) is 4.74. The summed E-state index contributed by atoms with van der Waals surface area (Å²) in [6.45, 7) is 6.85. The number of carbonyl (C=O) groups is 2. The molecule has 1 fully saturated rings. The van der Waals surface area contributed by atoms with Crippen molar-refractivity contribution in [1.82, 2.24) is 0 Å². The molecule has 158 valence electrons. The van der Waals surface area contributed by atoms with E-state index < -0.39 is 18.0 Å². The molecular weight excluding hydrogens is 358 g/mol. The second-order valence-electron chi connectivity index (χ2n) is 7.72. The molecule has 1 heterocycles. The van der Waals surface area contributed by atoms with Crippen molar-refractivity contribution < 1.29 is 19.8 Å². The molecule has 0 bridgehead atoms. The average Bonchev–Trinajstić information content (AvgIpc) is 2.66. The van der Waals surface area contributed by atoms with Crippen LogP contribution in [0.25, 0.3) is 0 Å². The summed E-state index contributed by atoms with van der Waals surface area (Å²) in [6, 6.07) is 7.80. The molecule has 1 aromatic carbocycles. The Morgan fingerprint density at radius 1 is 1.07 bits per heavy atom. The Kier molecular flexibility index (Phi) is 10.6. The molecule has 1 aromatic rings. The second-order valence-corrected chi connectivity index (χ2v) is 7.72.